The minimum Gasteiger partial charge on any atom is -0.481 e. The number of carboxylic acid groups (broad SMARTS) is 1. The van der Waals surface area contributed by atoms with Gasteiger partial charge in [0.05, 0.1) is 35.4 Å². The Hall–Kier alpha value is -3.67. The fourth-order valence-electron chi connectivity index (χ4n) is 5.19. The summed E-state index contributed by atoms with van der Waals surface area (Å²) in [6.07, 6.45) is 15.3. The molecule has 3 aliphatic carbocycles. The van der Waals surface area contributed by atoms with Crippen LogP contribution >= 0.6 is 0 Å². The first kappa shape index (κ1) is 28.3. The first-order chi connectivity index (χ1) is 18.9. The highest BCUT2D eigenvalue weighted by Gasteiger charge is 2.44. The standard InChI is InChI=1S/C26H32N6O3.C4H8/c1-16(2)15-32(19-6-4-3-5-7-19)23-9-8-17(20-11-21(20)25(33)34)10-22(23)31-26(35)30-18-13-28-24(12-27)29-14-18;1-2-4-3-1/h8-10,13-14,16,19-21H,3-7,11,15H2,1-2H3,(H,33,34)(H2,30,31,35);1-4H2/t20-,21-;/m0./s1. The molecular weight excluding hydrogens is 492 g/mol. The highest BCUT2D eigenvalue weighted by molar-refractivity contribution is 6.02. The second-order valence-corrected chi connectivity index (χ2v) is 11.3. The predicted octanol–water partition coefficient (Wildman–Crippen LogP) is 6.54. The van der Waals surface area contributed by atoms with Gasteiger partial charge in [-0.2, -0.15) is 5.26 Å². The van der Waals surface area contributed by atoms with Crippen LogP contribution in [-0.4, -0.2) is 39.7 Å². The minimum atomic E-state index is -0.782. The molecule has 0 unspecified atom stereocenters. The molecular formula is C30H40N6O3. The van der Waals surface area contributed by atoms with Crippen molar-refractivity contribution >= 4 is 29.1 Å². The van der Waals surface area contributed by atoms with E-state index in [9.17, 15) is 14.7 Å². The average molecular weight is 533 g/mol. The van der Waals surface area contributed by atoms with E-state index in [1.807, 2.05) is 24.3 Å². The number of amides is 2. The Kier molecular flexibility index (Phi) is 9.74. The van der Waals surface area contributed by atoms with Gasteiger partial charge in [0.25, 0.3) is 0 Å². The molecule has 1 heterocycles. The summed E-state index contributed by atoms with van der Waals surface area (Å²) in [5.41, 5.74) is 2.91. The monoisotopic (exact) mass is 532 g/mol. The van der Waals surface area contributed by atoms with E-state index >= 15 is 0 Å². The Morgan fingerprint density at radius 3 is 2.23 bits per heavy atom. The Labute approximate surface area is 231 Å². The lowest BCUT2D eigenvalue weighted by Crippen LogP contribution is -2.40. The normalized spacial score (nSPS) is 20.1. The summed E-state index contributed by atoms with van der Waals surface area (Å²) in [7, 11) is 0. The van der Waals surface area contributed by atoms with E-state index in [4.69, 9.17) is 5.26 Å². The van der Waals surface area contributed by atoms with Gasteiger partial charge in [0.15, 0.2) is 0 Å². The molecule has 5 rings (SSSR count). The molecule has 2 amide bonds. The second-order valence-electron chi connectivity index (χ2n) is 11.3. The van der Waals surface area contributed by atoms with Gasteiger partial charge in [-0.25, -0.2) is 14.8 Å². The molecule has 1 aromatic heterocycles. The predicted molar refractivity (Wildman–Crippen MR) is 152 cm³/mol. The molecule has 208 valence electrons. The van der Waals surface area contributed by atoms with Gasteiger partial charge in [0.1, 0.15) is 6.07 Å². The van der Waals surface area contributed by atoms with Crippen LogP contribution in [0.1, 0.15) is 95.4 Å². The van der Waals surface area contributed by atoms with Crippen molar-refractivity contribution in [1.82, 2.24) is 9.97 Å². The second kappa shape index (κ2) is 13.4. The number of aliphatic carboxylic acids is 1. The van der Waals surface area contributed by atoms with Crippen LogP contribution in [0.2, 0.25) is 0 Å². The van der Waals surface area contributed by atoms with Crippen molar-refractivity contribution in [3.63, 3.8) is 0 Å². The first-order valence-electron chi connectivity index (χ1n) is 14.3. The van der Waals surface area contributed by atoms with E-state index in [1.54, 1.807) is 0 Å². The SMILES string of the molecule is C1CCC1.CC(C)CN(c1ccc([C@@H]2C[C@@H]2C(=O)O)cc1NC(=O)Nc1cnc(C#N)nc1)C1CCCCC1. The van der Waals surface area contributed by atoms with Crippen molar-refractivity contribution in [2.45, 2.75) is 90.0 Å². The van der Waals surface area contributed by atoms with Crippen LogP contribution in [-0.2, 0) is 4.79 Å². The summed E-state index contributed by atoms with van der Waals surface area (Å²) in [5, 5.41) is 24.0. The quantitative estimate of drug-likeness (QED) is 0.352. The van der Waals surface area contributed by atoms with Crippen LogP contribution in [0.15, 0.2) is 30.6 Å². The Morgan fingerprint density at radius 2 is 1.69 bits per heavy atom. The summed E-state index contributed by atoms with van der Waals surface area (Å²) in [4.78, 5) is 34.6. The van der Waals surface area contributed by atoms with Crippen LogP contribution in [0.25, 0.3) is 0 Å². The molecule has 1 aromatic carbocycles. The molecule has 3 N–H and O–H groups in total. The molecule has 2 atom stereocenters. The topological polar surface area (TPSA) is 131 Å². The van der Waals surface area contributed by atoms with E-state index in [2.05, 4.69) is 39.3 Å². The van der Waals surface area contributed by atoms with E-state index < -0.39 is 12.0 Å². The number of nitrogens with one attached hydrogen (secondary N) is 2. The fourth-order valence-corrected chi connectivity index (χ4v) is 5.19. The minimum absolute atomic E-state index is 0.0279. The third-order valence-electron chi connectivity index (χ3n) is 7.70. The van der Waals surface area contributed by atoms with Gasteiger partial charge in [0.2, 0.25) is 5.82 Å². The molecule has 2 aromatic rings. The number of aromatic nitrogens is 2. The smallest absolute Gasteiger partial charge is 0.323 e. The lowest BCUT2D eigenvalue weighted by atomic mass is 9.92. The maximum absolute atomic E-state index is 12.9. The Morgan fingerprint density at radius 1 is 1.05 bits per heavy atom. The summed E-state index contributed by atoms with van der Waals surface area (Å²) in [6.45, 7) is 5.25. The van der Waals surface area contributed by atoms with E-state index in [-0.39, 0.29) is 17.7 Å². The van der Waals surface area contributed by atoms with Crippen LogP contribution in [0.4, 0.5) is 21.9 Å². The number of hydrogen-bond donors (Lipinski definition) is 3. The van der Waals surface area contributed by atoms with E-state index in [1.165, 1.54) is 57.3 Å². The van der Waals surface area contributed by atoms with Crippen molar-refractivity contribution in [3.8, 4) is 6.07 Å². The van der Waals surface area contributed by atoms with Crippen LogP contribution in [0, 0.1) is 23.2 Å². The number of carbonyl (C=O) groups excluding carboxylic acids is 1. The highest BCUT2D eigenvalue weighted by atomic mass is 16.4. The van der Waals surface area contributed by atoms with Crippen LogP contribution in [0.3, 0.4) is 0 Å². The van der Waals surface area contributed by atoms with Crippen LogP contribution in [0.5, 0.6) is 0 Å². The fraction of sp³-hybridized carbons (Fsp3) is 0.567. The number of hydrogen-bond acceptors (Lipinski definition) is 6. The zero-order chi connectivity index (χ0) is 27.8. The number of rotatable bonds is 8. The highest BCUT2D eigenvalue weighted by Crippen LogP contribution is 2.49. The lowest BCUT2D eigenvalue weighted by molar-refractivity contribution is -0.138. The van der Waals surface area contributed by atoms with Crippen molar-refractivity contribution < 1.29 is 14.7 Å². The van der Waals surface area contributed by atoms with E-state index in [0.717, 1.165) is 30.6 Å². The number of nitrogens with zero attached hydrogens (tertiary/aromatic N) is 4. The van der Waals surface area contributed by atoms with Crippen molar-refractivity contribution in [1.29, 1.82) is 5.26 Å². The molecule has 9 nitrogen and oxygen atoms in total. The van der Waals surface area contributed by atoms with Crippen molar-refractivity contribution in [2.75, 3.05) is 22.1 Å². The summed E-state index contributed by atoms with van der Waals surface area (Å²) in [5.74, 6) is -0.724. The molecule has 0 spiro atoms. The third-order valence-corrected chi connectivity index (χ3v) is 7.70. The van der Waals surface area contributed by atoms with Gasteiger partial charge in [0, 0.05) is 12.6 Å². The maximum Gasteiger partial charge on any atom is 0.323 e. The zero-order valence-electron chi connectivity index (χ0n) is 23.0. The van der Waals surface area contributed by atoms with Gasteiger partial charge >= 0.3 is 12.0 Å². The zero-order valence-corrected chi connectivity index (χ0v) is 23.0. The lowest BCUT2D eigenvalue weighted by Gasteiger charge is -2.38. The van der Waals surface area contributed by atoms with Gasteiger partial charge in [-0.1, -0.05) is 64.9 Å². The summed E-state index contributed by atoms with van der Waals surface area (Å²) in [6, 6.07) is 7.77. The van der Waals surface area contributed by atoms with Crippen molar-refractivity contribution in [3.05, 3.63) is 42.0 Å². The molecule has 9 heteroatoms. The van der Waals surface area contributed by atoms with Gasteiger partial charge < -0.3 is 20.6 Å². The number of anilines is 3. The summed E-state index contributed by atoms with van der Waals surface area (Å²) < 4.78 is 0. The number of benzene rings is 1. The van der Waals surface area contributed by atoms with Crippen LogP contribution < -0.4 is 15.5 Å². The molecule has 0 radical (unpaired) electrons. The maximum atomic E-state index is 12.9. The Bertz CT molecular complexity index is 1160. The number of carboxylic acids is 1. The molecule has 3 aliphatic rings. The molecule has 0 saturated heterocycles. The molecule has 0 bridgehead atoms. The molecule has 39 heavy (non-hydrogen) atoms. The number of nitriles is 1. The first-order valence-corrected chi connectivity index (χ1v) is 14.3. The van der Waals surface area contributed by atoms with E-state index in [0.29, 0.717) is 29.8 Å². The van der Waals surface area contributed by atoms with Gasteiger partial charge in [-0.15, -0.1) is 0 Å². The van der Waals surface area contributed by atoms with Gasteiger partial charge in [-0.3, -0.25) is 4.79 Å². The third kappa shape index (κ3) is 7.92. The largest absolute Gasteiger partial charge is 0.481 e. The number of urea groups is 1. The van der Waals surface area contributed by atoms with Gasteiger partial charge in [-0.05, 0) is 48.8 Å². The van der Waals surface area contributed by atoms with Crippen molar-refractivity contribution in [2.24, 2.45) is 11.8 Å². The molecule has 3 fully saturated rings. The Balaban J connectivity index is 0.000000808. The molecule has 0 aliphatic heterocycles. The summed E-state index contributed by atoms with van der Waals surface area (Å²) >= 11 is 0. The molecule has 3 saturated carbocycles. The number of carbonyl (C=O) groups is 2. The average Bonchev–Trinajstić information content (AvgIpc) is 3.69.